The van der Waals surface area contributed by atoms with Crippen molar-refractivity contribution < 1.29 is 0 Å². The fourth-order valence-electron chi connectivity index (χ4n) is 6.16. The van der Waals surface area contributed by atoms with Crippen molar-refractivity contribution in [2.45, 2.75) is 16.0 Å². The Hall–Kier alpha value is -5.83. The SMILES string of the molecule is C=C1/C=C\c2c(n(-c3ccc(C4=NC(c5cccc(C#N)c5)=CC(c5ccccc5)N4)cc3)c3ccccc23)Sc2ccccc21. The van der Waals surface area contributed by atoms with Gasteiger partial charge in [0.1, 0.15) is 5.84 Å². The van der Waals surface area contributed by atoms with Gasteiger partial charge in [-0.05, 0) is 71.3 Å². The summed E-state index contributed by atoms with van der Waals surface area (Å²) >= 11 is 1.78. The van der Waals surface area contributed by atoms with Gasteiger partial charge in [0.05, 0.1) is 33.9 Å². The van der Waals surface area contributed by atoms with E-state index in [9.17, 15) is 5.26 Å². The minimum atomic E-state index is -0.0692. The normalized spacial score (nSPS) is 16.2. The Morgan fingerprint density at radius 2 is 1.57 bits per heavy atom. The topological polar surface area (TPSA) is 53.1 Å². The van der Waals surface area contributed by atoms with Crippen molar-refractivity contribution in [2.75, 3.05) is 0 Å². The Bertz CT molecular complexity index is 2280. The van der Waals surface area contributed by atoms with Crippen LogP contribution < -0.4 is 5.32 Å². The molecule has 2 aliphatic heterocycles. The zero-order valence-corrected chi connectivity index (χ0v) is 25.7. The Kier molecular flexibility index (Phi) is 6.98. The van der Waals surface area contributed by atoms with Crippen LogP contribution in [0.2, 0.25) is 0 Å². The fourth-order valence-corrected chi connectivity index (χ4v) is 7.41. The zero-order valence-electron chi connectivity index (χ0n) is 24.9. The third-order valence-corrected chi connectivity index (χ3v) is 9.63. The first kappa shape index (κ1) is 27.7. The van der Waals surface area contributed by atoms with Gasteiger partial charge in [0.2, 0.25) is 0 Å². The van der Waals surface area contributed by atoms with Gasteiger partial charge >= 0.3 is 0 Å². The number of rotatable bonds is 4. The highest BCUT2D eigenvalue weighted by Crippen LogP contribution is 2.44. The van der Waals surface area contributed by atoms with Crippen molar-refractivity contribution in [1.29, 1.82) is 5.26 Å². The van der Waals surface area contributed by atoms with E-state index in [1.54, 1.807) is 11.8 Å². The van der Waals surface area contributed by atoms with Crippen molar-refractivity contribution in [1.82, 2.24) is 9.88 Å². The summed E-state index contributed by atoms with van der Waals surface area (Å²) in [5.41, 5.74) is 10.1. The molecule has 1 unspecified atom stereocenters. The van der Waals surface area contributed by atoms with Crippen LogP contribution >= 0.6 is 11.8 Å². The lowest BCUT2D eigenvalue weighted by molar-refractivity contribution is 0.781. The number of amidine groups is 1. The molecule has 8 rings (SSSR count). The van der Waals surface area contributed by atoms with Gasteiger partial charge in [-0.25, -0.2) is 4.99 Å². The van der Waals surface area contributed by atoms with E-state index in [2.05, 4.69) is 138 Å². The fraction of sp³-hybridized carbons (Fsp3) is 0.0244. The predicted octanol–water partition coefficient (Wildman–Crippen LogP) is 9.83. The third-order valence-electron chi connectivity index (χ3n) is 8.45. The third kappa shape index (κ3) is 4.95. The summed E-state index contributed by atoms with van der Waals surface area (Å²) in [6.45, 7) is 4.34. The molecular formula is C41H28N4S. The number of fused-ring (bicyclic) bond motifs is 4. The van der Waals surface area contributed by atoms with E-state index in [0.29, 0.717) is 5.56 Å². The van der Waals surface area contributed by atoms with E-state index < -0.39 is 0 Å². The Labute approximate surface area is 272 Å². The van der Waals surface area contributed by atoms with Crippen LogP contribution in [0.5, 0.6) is 0 Å². The molecule has 1 N–H and O–H groups in total. The van der Waals surface area contributed by atoms with Crippen LogP contribution in [0.15, 0.2) is 161 Å². The van der Waals surface area contributed by atoms with Gasteiger partial charge in [-0.1, -0.05) is 109 Å². The van der Waals surface area contributed by atoms with Crippen molar-refractivity contribution in [3.05, 3.63) is 180 Å². The van der Waals surface area contributed by atoms with E-state index in [1.165, 1.54) is 20.9 Å². The summed E-state index contributed by atoms with van der Waals surface area (Å²) in [4.78, 5) is 6.26. The molecule has 6 aromatic rings. The molecule has 0 saturated carbocycles. The largest absolute Gasteiger partial charge is 0.359 e. The number of hydrogen-bond donors (Lipinski definition) is 1. The molecule has 0 saturated heterocycles. The lowest BCUT2D eigenvalue weighted by Crippen LogP contribution is -2.31. The van der Waals surface area contributed by atoms with Crippen LogP contribution in [0.1, 0.15) is 39.4 Å². The first-order chi connectivity index (χ1) is 22.7. The second-order valence-electron chi connectivity index (χ2n) is 11.3. The molecule has 1 aromatic heterocycles. The second kappa shape index (κ2) is 11.6. The average molecular weight is 609 g/mol. The molecule has 0 spiro atoms. The average Bonchev–Trinajstić information content (AvgIpc) is 3.42. The van der Waals surface area contributed by atoms with Crippen molar-refractivity contribution in [3.63, 3.8) is 0 Å². The summed E-state index contributed by atoms with van der Waals surface area (Å²) in [5, 5.41) is 15.6. The van der Waals surface area contributed by atoms with Crippen LogP contribution in [-0.2, 0) is 0 Å². The zero-order chi connectivity index (χ0) is 31.0. The van der Waals surface area contributed by atoms with Crippen LogP contribution in [0, 0.1) is 11.3 Å². The van der Waals surface area contributed by atoms with Crippen LogP contribution in [-0.4, -0.2) is 10.4 Å². The number of nitrogens with zero attached hydrogens (tertiary/aromatic N) is 3. The van der Waals surface area contributed by atoms with Crippen molar-refractivity contribution in [3.8, 4) is 11.8 Å². The number of nitriles is 1. The Morgan fingerprint density at radius 1 is 0.783 bits per heavy atom. The number of hydrogen-bond acceptors (Lipinski definition) is 4. The summed E-state index contributed by atoms with van der Waals surface area (Å²) in [6, 6.07) is 45.9. The molecule has 4 nitrogen and oxygen atoms in total. The quantitative estimate of drug-likeness (QED) is 0.217. The first-order valence-corrected chi connectivity index (χ1v) is 16.0. The summed E-state index contributed by atoms with van der Waals surface area (Å²) in [5.74, 6) is 0.790. The molecule has 3 heterocycles. The van der Waals surface area contributed by atoms with E-state index in [-0.39, 0.29) is 6.04 Å². The van der Waals surface area contributed by atoms with Gasteiger partial charge in [-0.3, -0.25) is 0 Å². The molecule has 0 radical (unpaired) electrons. The predicted molar refractivity (Wildman–Crippen MR) is 190 cm³/mol. The highest BCUT2D eigenvalue weighted by molar-refractivity contribution is 7.99. The van der Waals surface area contributed by atoms with Crippen LogP contribution in [0.25, 0.3) is 33.9 Å². The van der Waals surface area contributed by atoms with Crippen molar-refractivity contribution in [2.24, 2.45) is 4.99 Å². The highest BCUT2D eigenvalue weighted by atomic mass is 32.2. The lowest BCUT2D eigenvalue weighted by Gasteiger charge is -2.24. The molecule has 5 aromatic carbocycles. The maximum Gasteiger partial charge on any atom is 0.134 e. The molecule has 0 amide bonds. The van der Waals surface area contributed by atoms with Gasteiger partial charge in [0.15, 0.2) is 0 Å². The van der Waals surface area contributed by atoms with E-state index in [0.717, 1.165) is 50.6 Å². The number of nitrogens with one attached hydrogen (secondary N) is 1. The second-order valence-corrected chi connectivity index (χ2v) is 12.3. The van der Waals surface area contributed by atoms with Gasteiger partial charge in [0.25, 0.3) is 0 Å². The first-order valence-electron chi connectivity index (χ1n) is 15.2. The lowest BCUT2D eigenvalue weighted by atomic mass is 9.99. The maximum absolute atomic E-state index is 9.53. The van der Waals surface area contributed by atoms with Crippen LogP contribution in [0.4, 0.5) is 0 Å². The smallest absolute Gasteiger partial charge is 0.134 e. The summed E-state index contributed by atoms with van der Waals surface area (Å²) in [7, 11) is 0. The van der Waals surface area contributed by atoms with E-state index in [4.69, 9.17) is 4.99 Å². The molecule has 2 aliphatic rings. The molecule has 1 atom stereocenters. The summed E-state index contributed by atoms with van der Waals surface area (Å²) in [6.07, 6.45) is 6.46. The molecule has 5 heteroatoms. The maximum atomic E-state index is 9.53. The van der Waals surface area contributed by atoms with Crippen LogP contribution in [0.3, 0.4) is 0 Å². The minimum Gasteiger partial charge on any atom is -0.359 e. The molecular weight excluding hydrogens is 581 g/mol. The van der Waals surface area contributed by atoms with Crippen molar-refractivity contribution >= 4 is 45.8 Å². The number of benzene rings is 5. The molecule has 0 fully saturated rings. The van der Waals surface area contributed by atoms with Gasteiger partial charge < -0.3 is 9.88 Å². The van der Waals surface area contributed by atoms with Gasteiger partial charge in [0, 0.05) is 32.7 Å². The molecule has 0 aliphatic carbocycles. The Morgan fingerprint density at radius 3 is 2.41 bits per heavy atom. The monoisotopic (exact) mass is 608 g/mol. The van der Waals surface area contributed by atoms with Gasteiger partial charge in [-0.2, -0.15) is 5.26 Å². The standard InChI is InChI=1S/C41H28N4S/c1-27-18-23-35-34-15-5-7-16-38(34)45(41(35)46-39-17-8-6-14-33(27)39)32-21-19-30(20-22-32)40-43-36(29-11-3-2-4-12-29)25-37(44-40)31-13-9-10-28(24-31)26-42/h2-25,36H,1H2,(H,43,44)/b23-18-. The number of aliphatic imine (C=N–C) groups is 1. The highest BCUT2D eigenvalue weighted by Gasteiger charge is 2.23. The number of allylic oxidation sites excluding steroid dienone is 2. The number of para-hydroxylation sites is 1. The van der Waals surface area contributed by atoms with Gasteiger partial charge in [-0.15, -0.1) is 0 Å². The minimum absolute atomic E-state index is 0.0692. The Balaban J connectivity index is 1.22. The van der Waals surface area contributed by atoms with E-state index in [1.807, 2.05) is 30.3 Å². The molecule has 46 heavy (non-hydrogen) atoms. The molecule has 218 valence electrons. The number of aromatic nitrogens is 1. The van der Waals surface area contributed by atoms with E-state index >= 15 is 0 Å². The molecule has 0 bridgehead atoms. The summed E-state index contributed by atoms with van der Waals surface area (Å²) < 4.78 is 2.36.